The smallest absolute Gasteiger partial charge is 0.263 e. The van der Waals surface area contributed by atoms with Crippen LogP contribution in [0.4, 0.5) is 5.82 Å². The molecule has 0 amide bonds. The highest BCUT2D eigenvalue weighted by atomic mass is 79.9. The molecule has 18 heavy (non-hydrogen) atoms. The van der Waals surface area contributed by atoms with Gasteiger partial charge in [-0.3, -0.25) is 9.82 Å². The monoisotopic (exact) mass is 329 g/mol. The lowest BCUT2D eigenvalue weighted by Gasteiger charge is -2.06. The molecule has 1 heterocycles. The molecule has 0 bridgehead atoms. The normalized spacial score (nSPS) is 11.5. The summed E-state index contributed by atoms with van der Waals surface area (Å²) in [6.07, 6.45) is 0. The number of H-pyrrole nitrogens is 1. The maximum Gasteiger partial charge on any atom is 0.263 e. The lowest BCUT2D eigenvalue weighted by atomic mass is 10.2. The van der Waals surface area contributed by atoms with Gasteiger partial charge in [0, 0.05) is 5.69 Å². The second kappa shape index (κ2) is 4.74. The predicted molar refractivity (Wildman–Crippen MR) is 73.0 cm³/mol. The molecule has 0 saturated carbocycles. The number of aryl methyl sites for hydroxylation is 2. The Kier molecular flexibility index (Phi) is 3.45. The van der Waals surface area contributed by atoms with Gasteiger partial charge in [0.2, 0.25) is 0 Å². The summed E-state index contributed by atoms with van der Waals surface area (Å²) in [5, 5.41) is 6.58. The summed E-state index contributed by atoms with van der Waals surface area (Å²) >= 11 is 3.27. The van der Waals surface area contributed by atoms with E-state index >= 15 is 0 Å². The number of nitrogens with zero attached hydrogens (tertiary/aromatic N) is 1. The van der Waals surface area contributed by atoms with Crippen molar-refractivity contribution >= 4 is 31.8 Å². The van der Waals surface area contributed by atoms with E-state index in [1.807, 2.05) is 6.92 Å². The van der Waals surface area contributed by atoms with Gasteiger partial charge in [0.25, 0.3) is 10.0 Å². The van der Waals surface area contributed by atoms with Gasteiger partial charge in [0.05, 0.1) is 9.37 Å². The molecule has 7 heteroatoms. The Morgan fingerprint density at radius 1 is 1.22 bits per heavy atom. The van der Waals surface area contributed by atoms with Gasteiger partial charge in [0.1, 0.15) is 0 Å². The molecule has 0 aliphatic rings. The predicted octanol–water partition coefficient (Wildman–Crippen LogP) is 2.59. The molecule has 2 aromatic rings. The first-order valence-corrected chi connectivity index (χ1v) is 7.48. The molecule has 5 nitrogen and oxygen atoms in total. The molecule has 0 aliphatic heterocycles. The molecule has 0 radical (unpaired) electrons. The van der Waals surface area contributed by atoms with E-state index in [0.717, 1.165) is 11.3 Å². The topological polar surface area (TPSA) is 74.8 Å². The van der Waals surface area contributed by atoms with Crippen molar-refractivity contribution in [2.45, 2.75) is 18.7 Å². The van der Waals surface area contributed by atoms with Gasteiger partial charge in [-0.1, -0.05) is 17.7 Å². The number of hydrogen-bond donors (Lipinski definition) is 2. The standard InChI is InChI=1S/C11H12BrN3O2S/c1-7-3-5-9(6-4-7)18(16,17)15-11-10(12)8(2)13-14-11/h3-6H,1-2H3,(H2,13,14,15). The average molecular weight is 330 g/mol. The van der Waals surface area contributed by atoms with Gasteiger partial charge >= 0.3 is 0 Å². The van der Waals surface area contributed by atoms with Gasteiger partial charge in [-0.2, -0.15) is 5.10 Å². The summed E-state index contributed by atoms with van der Waals surface area (Å²) in [6.45, 7) is 3.69. The highest BCUT2D eigenvalue weighted by Gasteiger charge is 2.17. The minimum Gasteiger partial charge on any atom is -0.280 e. The maximum atomic E-state index is 12.1. The van der Waals surface area contributed by atoms with E-state index in [2.05, 4.69) is 30.8 Å². The van der Waals surface area contributed by atoms with Crippen LogP contribution in [0.5, 0.6) is 0 Å². The van der Waals surface area contributed by atoms with Crippen molar-refractivity contribution in [2.75, 3.05) is 4.72 Å². The SMILES string of the molecule is Cc1ccc(S(=O)(=O)Nc2n[nH]c(C)c2Br)cc1. The molecule has 0 saturated heterocycles. The van der Waals surface area contributed by atoms with Crippen LogP contribution in [0, 0.1) is 13.8 Å². The number of anilines is 1. The molecule has 0 unspecified atom stereocenters. The Morgan fingerprint density at radius 2 is 1.83 bits per heavy atom. The second-order valence-electron chi connectivity index (χ2n) is 3.93. The van der Waals surface area contributed by atoms with Crippen molar-refractivity contribution in [3.63, 3.8) is 0 Å². The summed E-state index contributed by atoms with van der Waals surface area (Å²) in [5.74, 6) is 0.257. The van der Waals surface area contributed by atoms with Gasteiger partial charge in [-0.15, -0.1) is 0 Å². The van der Waals surface area contributed by atoms with Gasteiger partial charge < -0.3 is 0 Å². The van der Waals surface area contributed by atoms with Crippen LogP contribution in [-0.4, -0.2) is 18.6 Å². The lowest BCUT2D eigenvalue weighted by molar-refractivity contribution is 0.601. The quantitative estimate of drug-likeness (QED) is 0.908. The lowest BCUT2D eigenvalue weighted by Crippen LogP contribution is -2.13. The summed E-state index contributed by atoms with van der Waals surface area (Å²) < 4.78 is 27.2. The van der Waals surface area contributed by atoms with Gasteiger partial charge in [-0.05, 0) is 41.9 Å². The van der Waals surface area contributed by atoms with Gasteiger partial charge in [0.15, 0.2) is 5.82 Å². The fraction of sp³-hybridized carbons (Fsp3) is 0.182. The zero-order valence-corrected chi connectivity index (χ0v) is 12.3. The summed E-state index contributed by atoms with van der Waals surface area (Å²) in [7, 11) is -3.60. The number of rotatable bonds is 3. The molecule has 1 aromatic heterocycles. The van der Waals surface area contributed by atoms with Crippen LogP contribution in [-0.2, 0) is 10.0 Å². The largest absolute Gasteiger partial charge is 0.280 e. The number of benzene rings is 1. The Labute approximate surface area is 114 Å². The minimum atomic E-state index is -3.60. The molecular weight excluding hydrogens is 318 g/mol. The number of halogens is 1. The van der Waals surface area contributed by atoms with Crippen molar-refractivity contribution < 1.29 is 8.42 Å². The van der Waals surface area contributed by atoms with E-state index in [1.54, 1.807) is 31.2 Å². The molecular formula is C11H12BrN3O2S. The molecule has 1 aromatic carbocycles. The highest BCUT2D eigenvalue weighted by Crippen LogP contribution is 2.25. The van der Waals surface area contributed by atoms with E-state index in [4.69, 9.17) is 0 Å². The zero-order valence-electron chi connectivity index (χ0n) is 9.86. The molecule has 0 fully saturated rings. The fourth-order valence-corrected chi connectivity index (χ4v) is 2.81. The molecule has 2 rings (SSSR count). The van der Waals surface area contributed by atoms with Crippen LogP contribution in [0.15, 0.2) is 33.6 Å². The zero-order chi connectivity index (χ0) is 13.3. The summed E-state index contributed by atoms with van der Waals surface area (Å²) in [4.78, 5) is 0.209. The van der Waals surface area contributed by atoms with E-state index in [0.29, 0.717) is 4.47 Å². The van der Waals surface area contributed by atoms with Crippen LogP contribution in [0.3, 0.4) is 0 Å². The van der Waals surface area contributed by atoms with Crippen molar-refractivity contribution in [1.29, 1.82) is 0 Å². The third kappa shape index (κ3) is 2.56. The summed E-state index contributed by atoms with van der Waals surface area (Å²) in [5.41, 5.74) is 1.77. The second-order valence-corrected chi connectivity index (χ2v) is 6.41. The Hall–Kier alpha value is -1.34. The first kappa shape index (κ1) is 13.1. The van der Waals surface area contributed by atoms with Crippen molar-refractivity contribution in [1.82, 2.24) is 10.2 Å². The maximum absolute atomic E-state index is 12.1. The van der Waals surface area contributed by atoms with Crippen molar-refractivity contribution in [3.05, 3.63) is 40.0 Å². The highest BCUT2D eigenvalue weighted by molar-refractivity contribution is 9.10. The van der Waals surface area contributed by atoms with E-state index < -0.39 is 10.0 Å². The first-order chi connectivity index (χ1) is 8.40. The molecule has 2 N–H and O–H groups in total. The number of aromatic amines is 1. The third-order valence-corrected chi connectivity index (χ3v) is 4.76. The van der Waals surface area contributed by atoms with Crippen LogP contribution in [0.2, 0.25) is 0 Å². The van der Waals surface area contributed by atoms with Crippen LogP contribution in [0.1, 0.15) is 11.3 Å². The van der Waals surface area contributed by atoms with E-state index in [1.165, 1.54) is 0 Å². The first-order valence-electron chi connectivity index (χ1n) is 5.20. The molecule has 0 spiro atoms. The van der Waals surface area contributed by atoms with Crippen molar-refractivity contribution in [2.24, 2.45) is 0 Å². The molecule has 96 valence electrons. The minimum absolute atomic E-state index is 0.209. The number of nitrogens with one attached hydrogen (secondary N) is 2. The number of sulfonamides is 1. The Balaban J connectivity index is 2.33. The Morgan fingerprint density at radius 3 is 2.33 bits per heavy atom. The third-order valence-electron chi connectivity index (χ3n) is 2.43. The summed E-state index contributed by atoms with van der Waals surface area (Å²) in [6, 6.07) is 6.62. The van der Waals surface area contributed by atoms with Gasteiger partial charge in [-0.25, -0.2) is 8.42 Å². The van der Waals surface area contributed by atoms with E-state index in [9.17, 15) is 8.42 Å². The molecule has 0 atom stereocenters. The molecule has 0 aliphatic carbocycles. The van der Waals surface area contributed by atoms with Crippen LogP contribution < -0.4 is 4.72 Å². The average Bonchev–Trinajstić information content (AvgIpc) is 2.61. The van der Waals surface area contributed by atoms with Crippen molar-refractivity contribution in [3.8, 4) is 0 Å². The van der Waals surface area contributed by atoms with Crippen LogP contribution >= 0.6 is 15.9 Å². The number of aromatic nitrogens is 2. The fourth-order valence-electron chi connectivity index (χ4n) is 1.39. The number of hydrogen-bond acceptors (Lipinski definition) is 3. The van der Waals surface area contributed by atoms with E-state index in [-0.39, 0.29) is 10.7 Å². The Bertz CT molecular complexity index is 662. The van der Waals surface area contributed by atoms with Crippen LogP contribution in [0.25, 0.3) is 0 Å².